The van der Waals surface area contributed by atoms with E-state index in [0.29, 0.717) is 18.7 Å². The molecule has 6 nitrogen and oxygen atoms in total. The molecule has 0 radical (unpaired) electrons. The molecular formula is C23H34IN5OS. The van der Waals surface area contributed by atoms with Gasteiger partial charge in [-0.3, -0.25) is 4.79 Å². The van der Waals surface area contributed by atoms with Gasteiger partial charge in [-0.05, 0) is 50.8 Å². The number of thioether (sulfide) groups is 1. The quantitative estimate of drug-likeness (QED) is 0.130. The fourth-order valence-electron chi connectivity index (χ4n) is 2.67. The number of carbonyl (C=O) groups excluding carboxylic acids is 1. The Morgan fingerprint density at radius 1 is 1.00 bits per heavy atom. The molecule has 0 aromatic heterocycles. The zero-order valence-corrected chi connectivity index (χ0v) is 21.7. The zero-order valence-electron chi connectivity index (χ0n) is 18.6. The van der Waals surface area contributed by atoms with Crippen LogP contribution in [0.4, 0.5) is 0 Å². The Hall–Kier alpha value is -1.78. The van der Waals surface area contributed by atoms with Gasteiger partial charge in [0.1, 0.15) is 0 Å². The van der Waals surface area contributed by atoms with Crippen molar-refractivity contribution in [3.63, 3.8) is 0 Å². The first kappa shape index (κ1) is 27.3. The largest absolute Gasteiger partial charge is 0.357 e. The van der Waals surface area contributed by atoms with E-state index in [1.165, 1.54) is 4.90 Å². The first-order valence-electron chi connectivity index (χ1n) is 10.3. The second-order valence-corrected chi connectivity index (χ2v) is 8.21. The minimum atomic E-state index is -0.0503. The van der Waals surface area contributed by atoms with Crippen LogP contribution in [0.1, 0.15) is 22.8 Å². The molecule has 3 N–H and O–H groups in total. The third-order valence-electron chi connectivity index (χ3n) is 4.20. The number of rotatable bonds is 11. The summed E-state index contributed by atoms with van der Waals surface area (Å²) in [6.45, 7) is 5.62. The summed E-state index contributed by atoms with van der Waals surface area (Å²) < 4.78 is 0. The SMILES string of the molecule is CCNC(=NCc1cccc(C(=O)NCCN(C)C)c1)NCCSc1ccccc1.I. The van der Waals surface area contributed by atoms with E-state index in [1.807, 2.05) is 61.1 Å². The van der Waals surface area contributed by atoms with Crippen molar-refractivity contribution in [1.29, 1.82) is 0 Å². The van der Waals surface area contributed by atoms with Crippen molar-refractivity contribution in [2.24, 2.45) is 4.99 Å². The molecule has 170 valence electrons. The highest BCUT2D eigenvalue weighted by atomic mass is 127. The monoisotopic (exact) mass is 555 g/mol. The summed E-state index contributed by atoms with van der Waals surface area (Å²) in [6.07, 6.45) is 0. The molecule has 1 amide bonds. The maximum absolute atomic E-state index is 12.3. The standard InChI is InChI=1S/C23H33N5OS.HI/c1-4-24-23(26-14-16-30-21-11-6-5-7-12-21)27-18-19-9-8-10-20(17-19)22(29)25-13-15-28(2)3;/h5-12,17H,4,13-16,18H2,1-3H3,(H,25,29)(H2,24,26,27);1H. The number of hydrogen-bond donors (Lipinski definition) is 3. The Morgan fingerprint density at radius 3 is 2.48 bits per heavy atom. The van der Waals surface area contributed by atoms with E-state index in [4.69, 9.17) is 0 Å². The number of benzene rings is 2. The number of hydrogen-bond acceptors (Lipinski definition) is 4. The molecule has 0 fully saturated rings. The van der Waals surface area contributed by atoms with Gasteiger partial charge in [0.05, 0.1) is 6.54 Å². The van der Waals surface area contributed by atoms with Crippen molar-refractivity contribution >= 4 is 47.6 Å². The third-order valence-corrected chi connectivity index (χ3v) is 5.22. The molecule has 0 aliphatic carbocycles. The van der Waals surface area contributed by atoms with E-state index < -0.39 is 0 Å². The number of guanidine groups is 1. The van der Waals surface area contributed by atoms with E-state index >= 15 is 0 Å². The molecular weight excluding hydrogens is 521 g/mol. The zero-order chi connectivity index (χ0) is 21.6. The van der Waals surface area contributed by atoms with Gasteiger partial charge < -0.3 is 20.9 Å². The molecule has 0 saturated heterocycles. The van der Waals surface area contributed by atoms with Gasteiger partial charge in [-0.1, -0.05) is 30.3 Å². The summed E-state index contributed by atoms with van der Waals surface area (Å²) in [5.41, 5.74) is 1.67. The molecule has 2 aromatic carbocycles. The highest BCUT2D eigenvalue weighted by molar-refractivity contribution is 14.0. The Balaban J connectivity index is 0.00000480. The van der Waals surface area contributed by atoms with Gasteiger partial charge in [0.15, 0.2) is 5.96 Å². The molecule has 0 atom stereocenters. The fourth-order valence-corrected chi connectivity index (χ4v) is 3.46. The lowest BCUT2D eigenvalue weighted by Crippen LogP contribution is -2.38. The smallest absolute Gasteiger partial charge is 0.251 e. The Bertz CT molecular complexity index is 802. The van der Waals surface area contributed by atoms with Gasteiger partial charge in [-0.15, -0.1) is 35.7 Å². The van der Waals surface area contributed by atoms with Gasteiger partial charge in [0.2, 0.25) is 0 Å². The van der Waals surface area contributed by atoms with Crippen LogP contribution < -0.4 is 16.0 Å². The van der Waals surface area contributed by atoms with Crippen LogP contribution in [-0.2, 0) is 6.54 Å². The number of aliphatic imine (C=N–C) groups is 1. The molecule has 0 unspecified atom stereocenters. The van der Waals surface area contributed by atoms with E-state index in [1.54, 1.807) is 0 Å². The van der Waals surface area contributed by atoms with Crippen molar-refractivity contribution < 1.29 is 4.79 Å². The molecule has 2 rings (SSSR count). The number of likely N-dealkylation sites (N-methyl/N-ethyl adjacent to an activating group) is 1. The number of nitrogens with zero attached hydrogens (tertiary/aromatic N) is 2. The maximum atomic E-state index is 12.3. The molecule has 0 heterocycles. The van der Waals surface area contributed by atoms with E-state index in [0.717, 1.165) is 36.9 Å². The summed E-state index contributed by atoms with van der Waals surface area (Å²) in [5.74, 6) is 1.69. The first-order valence-corrected chi connectivity index (χ1v) is 11.3. The minimum Gasteiger partial charge on any atom is -0.357 e. The predicted molar refractivity (Wildman–Crippen MR) is 143 cm³/mol. The number of nitrogens with one attached hydrogen (secondary N) is 3. The highest BCUT2D eigenvalue weighted by Crippen LogP contribution is 2.15. The number of carbonyl (C=O) groups is 1. The topological polar surface area (TPSA) is 68.8 Å². The molecule has 0 aliphatic heterocycles. The van der Waals surface area contributed by atoms with Crippen LogP contribution in [-0.4, -0.2) is 62.8 Å². The van der Waals surface area contributed by atoms with Gasteiger partial charge in [-0.25, -0.2) is 4.99 Å². The van der Waals surface area contributed by atoms with Crippen molar-refractivity contribution in [3.05, 3.63) is 65.7 Å². The molecule has 8 heteroatoms. The van der Waals surface area contributed by atoms with Crippen LogP contribution in [0.3, 0.4) is 0 Å². The lowest BCUT2D eigenvalue weighted by atomic mass is 10.1. The van der Waals surface area contributed by atoms with E-state index in [-0.39, 0.29) is 29.9 Å². The normalized spacial score (nSPS) is 11.0. The summed E-state index contributed by atoms with van der Waals surface area (Å²) in [4.78, 5) is 20.3. The van der Waals surface area contributed by atoms with Crippen LogP contribution in [0.5, 0.6) is 0 Å². The van der Waals surface area contributed by atoms with Gasteiger partial charge in [-0.2, -0.15) is 0 Å². The van der Waals surface area contributed by atoms with Gasteiger partial charge in [0, 0.05) is 42.4 Å². The Labute approximate surface area is 207 Å². The summed E-state index contributed by atoms with van der Waals surface area (Å²) >= 11 is 1.82. The summed E-state index contributed by atoms with van der Waals surface area (Å²) in [5, 5.41) is 9.59. The summed E-state index contributed by atoms with van der Waals surface area (Å²) in [6, 6.07) is 18.0. The molecule has 0 aliphatic rings. The molecule has 0 bridgehead atoms. The second-order valence-electron chi connectivity index (χ2n) is 7.04. The molecule has 31 heavy (non-hydrogen) atoms. The lowest BCUT2D eigenvalue weighted by molar-refractivity contribution is 0.0951. The van der Waals surface area contributed by atoms with Crippen LogP contribution in [0.2, 0.25) is 0 Å². The van der Waals surface area contributed by atoms with E-state index in [2.05, 4.69) is 52.1 Å². The lowest BCUT2D eigenvalue weighted by Gasteiger charge is -2.12. The fraction of sp³-hybridized carbons (Fsp3) is 0.391. The second kappa shape index (κ2) is 15.9. The Morgan fingerprint density at radius 2 is 1.77 bits per heavy atom. The predicted octanol–water partition coefficient (Wildman–Crippen LogP) is 3.44. The first-order chi connectivity index (χ1) is 14.6. The van der Waals surface area contributed by atoms with Crippen molar-refractivity contribution in [2.75, 3.05) is 46.0 Å². The van der Waals surface area contributed by atoms with Gasteiger partial charge in [0.25, 0.3) is 5.91 Å². The maximum Gasteiger partial charge on any atom is 0.251 e. The van der Waals surface area contributed by atoms with E-state index in [9.17, 15) is 4.79 Å². The van der Waals surface area contributed by atoms with Gasteiger partial charge >= 0.3 is 0 Å². The van der Waals surface area contributed by atoms with Crippen molar-refractivity contribution in [1.82, 2.24) is 20.9 Å². The average molecular weight is 556 g/mol. The minimum absolute atomic E-state index is 0. The number of halogens is 1. The van der Waals surface area contributed by atoms with Crippen LogP contribution in [0.15, 0.2) is 64.5 Å². The molecule has 0 saturated carbocycles. The average Bonchev–Trinajstić information content (AvgIpc) is 2.75. The van der Waals surface area contributed by atoms with Crippen LogP contribution >= 0.6 is 35.7 Å². The molecule has 0 spiro atoms. The van der Waals surface area contributed by atoms with Crippen molar-refractivity contribution in [2.45, 2.75) is 18.4 Å². The van der Waals surface area contributed by atoms with Crippen LogP contribution in [0.25, 0.3) is 0 Å². The highest BCUT2D eigenvalue weighted by Gasteiger charge is 2.06. The van der Waals surface area contributed by atoms with Crippen molar-refractivity contribution in [3.8, 4) is 0 Å². The number of amides is 1. The summed E-state index contributed by atoms with van der Waals surface area (Å²) in [7, 11) is 3.97. The third kappa shape index (κ3) is 11.4. The molecule has 2 aromatic rings. The van der Waals surface area contributed by atoms with Crippen LogP contribution in [0, 0.1) is 0 Å². The Kier molecular flexibility index (Phi) is 14.0.